The van der Waals surface area contributed by atoms with Gasteiger partial charge in [-0.25, -0.2) is 27.3 Å². The van der Waals surface area contributed by atoms with Gasteiger partial charge in [-0.1, -0.05) is 6.07 Å². The molecule has 1 aliphatic carbocycles. The molecule has 1 saturated heterocycles. The van der Waals surface area contributed by atoms with Crippen molar-refractivity contribution < 1.29 is 35.2 Å². The van der Waals surface area contributed by atoms with E-state index in [2.05, 4.69) is 10.3 Å². The van der Waals surface area contributed by atoms with Crippen LogP contribution in [0.5, 0.6) is 0 Å². The van der Waals surface area contributed by atoms with E-state index >= 15 is 0 Å². The van der Waals surface area contributed by atoms with Crippen molar-refractivity contribution in [2.45, 2.75) is 36.3 Å². The van der Waals surface area contributed by atoms with E-state index < -0.39 is 44.6 Å². The van der Waals surface area contributed by atoms with E-state index in [1.54, 1.807) is 0 Å². The van der Waals surface area contributed by atoms with Gasteiger partial charge in [-0.3, -0.25) is 4.79 Å². The molecule has 7 nitrogen and oxygen atoms in total. The zero-order valence-electron chi connectivity index (χ0n) is 17.0. The number of anilines is 2. The van der Waals surface area contributed by atoms with Crippen LogP contribution >= 0.6 is 0 Å². The minimum Gasteiger partial charge on any atom is -0.355 e. The number of aromatic nitrogens is 1. The number of pyridine rings is 1. The Labute approximate surface area is 185 Å². The molecule has 178 valence electrons. The monoisotopic (exact) mass is 490 g/mol. The van der Waals surface area contributed by atoms with E-state index in [0.29, 0.717) is 18.7 Å². The Morgan fingerprint density at radius 2 is 1.91 bits per heavy atom. The molecule has 33 heavy (non-hydrogen) atoms. The summed E-state index contributed by atoms with van der Waals surface area (Å²) in [4.78, 5) is 17.9. The van der Waals surface area contributed by atoms with E-state index in [9.17, 15) is 35.2 Å². The summed E-state index contributed by atoms with van der Waals surface area (Å²) in [6, 6.07) is 5.46. The highest BCUT2D eigenvalue weighted by Gasteiger charge is 2.71. The number of primary sulfonamides is 1. The largest absolute Gasteiger partial charge is 0.417 e. The van der Waals surface area contributed by atoms with Crippen molar-refractivity contribution in [3.63, 3.8) is 0 Å². The molecule has 1 aromatic carbocycles. The molecular weight excluding hydrogens is 471 g/mol. The number of hydrogen-bond donors (Lipinski definition) is 2. The fourth-order valence-electron chi connectivity index (χ4n) is 4.12. The Bertz CT molecular complexity index is 1220. The molecule has 1 spiro atoms. The maximum Gasteiger partial charge on any atom is 0.417 e. The Hall–Kier alpha value is -2.80. The third kappa shape index (κ3) is 4.51. The van der Waals surface area contributed by atoms with Gasteiger partial charge in [0, 0.05) is 31.4 Å². The molecule has 1 amide bonds. The summed E-state index contributed by atoms with van der Waals surface area (Å²) in [5.74, 6) is -4.02. The molecular formula is C20H19F5N4O3S. The summed E-state index contributed by atoms with van der Waals surface area (Å²) in [5.41, 5.74) is -2.95. The zero-order chi connectivity index (χ0) is 24.2. The summed E-state index contributed by atoms with van der Waals surface area (Å²) in [5, 5.41) is 7.41. The molecule has 2 heterocycles. The van der Waals surface area contributed by atoms with E-state index in [1.807, 2.05) is 0 Å². The number of benzene rings is 1. The van der Waals surface area contributed by atoms with E-state index in [1.165, 1.54) is 23.1 Å². The standard InChI is InChI=1S/C20H19F5N4O3S/c21-19(22)10-18(19)5-2-6-29(11-18)16-15(7-12(9-27-16)20(23,24)25)17(30)28-13-3-1-4-14(8-13)33(26,31)32/h1,3-4,7-9H,2,5-6,10-11H2,(H,28,30)(H2,26,31,32)/t18-/m0/s1. The van der Waals surface area contributed by atoms with Crippen LogP contribution in [0.4, 0.5) is 33.5 Å². The van der Waals surface area contributed by atoms with Crippen LogP contribution in [0.2, 0.25) is 0 Å². The lowest BCUT2D eigenvalue weighted by atomic mass is 9.94. The minimum atomic E-state index is -4.79. The van der Waals surface area contributed by atoms with Gasteiger partial charge in [-0.15, -0.1) is 0 Å². The molecule has 13 heteroatoms. The number of piperidine rings is 1. The Morgan fingerprint density at radius 1 is 1.21 bits per heavy atom. The van der Waals surface area contributed by atoms with E-state index in [0.717, 1.165) is 6.07 Å². The lowest BCUT2D eigenvalue weighted by molar-refractivity contribution is -0.137. The van der Waals surface area contributed by atoms with Crippen molar-refractivity contribution in [2.75, 3.05) is 23.3 Å². The second kappa shape index (κ2) is 7.62. The molecule has 1 aliphatic heterocycles. The highest BCUT2D eigenvalue weighted by Crippen LogP contribution is 2.64. The number of sulfonamides is 1. The molecule has 2 fully saturated rings. The molecule has 4 rings (SSSR count). The molecule has 1 saturated carbocycles. The quantitative estimate of drug-likeness (QED) is 0.637. The van der Waals surface area contributed by atoms with Crippen molar-refractivity contribution in [3.05, 3.63) is 47.7 Å². The smallest absolute Gasteiger partial charge is 0.355 e. The van der Waals surface area contributed by atoms with E-state index in [4.69, 9.17) is 5.14 Å². The third-order valence-electron chi connectivity index (χ3n) is 5.95. The molecule has 0 radical (unpaired) electrons. The number of hydrogen-bond acceptors (Lipinski definition) is 5. The minimum absolute atomic E-state index is 0.0290. The first-order valence-electron chi connectivity index (χ1n) is 9.86. The van der Waals surface area contributed by atoms with Gasteiger partial charge >= 0.3 is 6.18 Å². The van der Waals surface area contributed by atoms with Crippen LogP contribution in [0.25, 0.3) is 0 Å². The lowest BCUT2D eigenvalue weighted by Crippen LogP contribution is -2.40. The predicted octanol–water partition coefficient (Wildman–Crippen LogP) is 3.63. The predicted molar refractivity (Wildman–Crippen MR) is 108 cm³/mol. The normalized spacial score (nSPS) is 22.3. The first-order chi connectivity index (χ1) is 15.2. The van der Waals surface area contributed by atoms with Crippen molar-refractivity contribution in [3.8, 4) is 0 Å². The van der Waals surface area contributed by atoms with Crippen LogP contribution in [0.3, 0.4) is 0 Å². The first-order valence-corrected chi connectivity index (χ1v) is 11.4. The molecule has 2 aliphatic rings. The number of carbonyl (C=O) groups excluding carboxylic acids is 1. The van der Waals surface area contributed by atoms with Crippen LogP contribution in [0, 0.1) is 5.41 Å². The number of carbonyl (C=O) groups is 1. The molecule has 0 bridgehead atoms. The van der Waals surface area contributed by atoms with Crippen LogP contribution in [-0.2, 0) is 16.2 Å². The summed E-state index contributed by atoms with van der Waals surface area (Å²) in [6.45, 7) is 0.108. The Balaban J connectivity index is 1.69. The summed E-state index contributed by atoms with van der Waals surface area (Å²) >= 11 is 0. The number of alkyl halides is 5. The number of rotatable bonds is 4. The van der Waals surface area contributed by atoms with Crippen LogP contribution in [0.1, 0.15) is 35.2 Å². The maximum absolute atomic E-state index is 13.9. The van der Waals surface area contributed by atoms with Crippen molar-refractivity contribution in [2.24, 2.45) is 10.6 Å². The van der Waals surface area contributed by atoms with Crippen molar-refractivity contribution in [1.82, 2.24) is 4.98 Å². The molecule has 1 atom stereocenters. The van der Waals surface area contributed by atoms with Gasteiger partial charge in [0.05, 0.1) is 21.4 Å². The third-order valence-corrected chi connectivity index (χ3v) is 6.86. The van der Waals surface area contributed by atoms with Crippen LogP contribution in [-0.4, -0.2) is 38.3 Å². The number of nitrogens with two attached hydrogens (primary N) is 1. The fourth-order valence-corrected chi connectivity index (χ4v) is 4.68. The van der Waals surface area contributed by atoms with Gasteiger partial charge in [0.2, 0.25) is 10.0 Å². The topological polar surface area (TPSA) is 105 Å². The number of halogens is 5. The Morgan fingerprint density at radius 3 is 2.52 bits per heavy atom. The first kappa shape index (κ1) is 23.4. The average molecular weight is 490 g/mol. The van der Waals surface area contributed by atoms with Gasteiger partial charge in [0.1, 0.15) is 5.82 Å². The number of nitrogens with one attached hydrogen (secondary N) is 1. The van der Waals surface area contributed by atoms with Gasteiger partial charge in [0.15, 0.2) is 0 Å². The Kier molecular flexibility index (Phi) is 5.39. The molecule has 1 aromatic heterocycles. The average Bonchev–Trinajstić information content (AvgIpc) is 3.24. The van der Waals surface area contributed by atoms with Crippen LogP contribution in [0.15, 0.2) is 41.4 Å². The van der Waals surface area contributed by atoms with Crippen molar-refractivity contribution in [1.29, 1.82) is 0 Å². The van der Waals surface area contributed by atoms with Crippen LogP contribution < -0.4 is 15.4 Å². The SMILES string of the molecule is NS(=O)(=O)c1cccc(NC(=O)c2cc(C(F)(F)F)cnc2N2CCC[C@@]3(C2)CC3(F)F)c1. The second-order valence-electron chi connectivity index (χ2n) is 8.31. The molecule has 3 N–H and O–H groups in total. The fraction of sp³-hybridized carbons (Fsp3) is 0.400. The lowest BCUT2D eigenvalue weighted by Gasteiger charge is -2.35. The second-order valence-corrected chi connectivity index (χ2v) is 9.87. The van der Waals surface area contributed by atoms with Gasteiger partial charge in [-0.05, 0) is 37.1 Å². The highest BCUT2D eigenvalue weighted by molar-refractivity contribution is 7.89. The highest BCUT2D eigenvalue weighted by atomic mass is 32.2. The van der Waals surface area contributed by atoms with Gasteiger partial charge < -0.3 is 10.2 Å². The number of amides is 1. The summed E-state index contributed by atoms with van der Waals surface area (Å²) in [7, 11) is -4.09. The number of nitrogens with zero attached hydrogens (tertiary/aromatic N) is 2. The molecule has 2 aromatic rings. The van der Waals surface area contributed by atoms with E-state index in [-0.39, 0.29) is 42.3 Å². The summed E-state index contributed by atoms with van der Waals surface area (Å²) in [6.07, 6.45) is -3.91. The van der Waals surface area contributed by atoms with Crippen molar-refractivity contribution >= 4 is 27.4 Å². The molecule has 0 unspecified atom stereocenters. The summed E-state index contributed by atoms with van der Waals surface area (Å²) < 4.78 is 90.8. The zero-order valence-corrected chi connectivity index (χ0v) is 17.8. The van der Waals surface area contributed by atoms with Gasteiger partial charge in [-0.2, -0.15) is 13.2 Å². The maximum atomic E-state index is 13.9. The van der Waals surface area contributed by atoms with Gasteiger partial charge in [0.25, 0.3) is 11.8 Å².